The molecular formula is C33H30N2O4P+. The molecular weight excluding hydrogens is 519 g/mol. The van der Waals surface area contributed by atoms with Crippen LogP contribution in [0.2, 0.25) is 0 Å². The third-order valence-corrected chi connectivity index (χ3v) is 11.9. The summed E-state index contributed by atoms with van der Waals surface area (Å²) in [7, 11) is 0.170. The van der Waals surface area contributed by atoms with Crippen LogP contribution in [0.15, 0.2) is 131 Å². The van der Waals surface area contributed by atoms with Gasteiger partial charge in [0.15, 0.2) is 5.78 Å². The second-order valence-corrected chi connectivity index (χ2v) is 13.3. The van der Waals surface area contributed by atoms with Gasteiger partial charge in [-0.3, -0.25) is 18.7 Å². The van der Waals surface area contributed by atoms with Gasteiger partial charge in [-0.25, -0.2) is 4.79 Å². The van der Waals surface area contributed by atoms with Gasteiger partial charge < -0.3 is 5.11 Å². The molecule has 0 aliphatic rings. The molecule has 0 aliphatic carbocycles. The number of rotatable bonds is 8. The average Bonchev–Trinajstić information content (AvgIpc) is 3.02. The summed E-state index contributed by atoms with van der Waals surface area (Å²) in [5.41, 5.74) is -0.990. The van der Waals surface area contributed by atoms with E-state index < -0.39 is 30.3 Å². The molecule has 0 saturated heterocycles. The topological polar surface area (TPSA) is 81.3 Å². The zero-order valence-corrected chi connectivity index (χ0v) is 23.2. The van der Waals surface area contributed by atoms with E-state index in [1.165, 1.54) is 14.1 Å². The van der Waals surface area contributed by atoms with Crippen LogP contribution in [0.4, 0.5) is 0 Å². The van der Waals surface area contributed by atoms with Crippen LogP contribution in [-0.2, 0) is 14.1 Å². The summed E-state index contributed by atoms with van der Waals surface area (Å²) in [6.07, 6.45) is 0.236. The number of aromatic hydroxyl groups is 1. The van der Waals surface area contributed by atoms with E-state index in [2.05, 4.69) is 36.4 Å². The SMILES string of the molecule is Cn1c(O)c(C(C[P+](c2ccccc2)(c2ccccc2)c2ccccc2)C(=O)c2ccccc2)c(=O)n(C)c1=O. The van der Waals surface area contributed by atoms with Gasteiger partial charge in [-0.2, -0.15) is 0 Å². The molecule has 4 aromatic carbocycles. The quantitative estimate of drug-likeness (QED) is 0.236. The number of benzene rings is 4. The van der Waals surface area contributed by atoms with Crippen molar-refractivity contribution in [2.75, 3.05) is 6.16 Å². The van der Waals surface area contributed by atoms with E-state index in [0.29, 0.717) is 5.56 Å². The minimum atomic E-state index is -2.60. The summed E-state index contributed by atoms with van der Waals surface area (Å²) in [6.45, 7) is 0. The molecule has 6 nitrogen and oxygen atoms in total. The fourth-order valence-corrected chi connectivity index (χ4v) is 9.82. The molecule has 1 N–H and O–H groups in total. The van der Waals surface area contributed by atoms with Crippen LogP contribution >= 0.6 is 7.26 Å². The first-order valence-corrected chi connectivity index (χ1v) is 15.0. The van der Waals surface area contributed by atoms with Crippen LogP contribution in [0, 0.1) is 0 Å². The van der Waals surface area contributed by atoms with E-state index in [-0.39, 0.29) is 17.5 Å². The summed E-state index contributed by atoms with van der Waals surface area (Å²) >= 11 is 0. The van der Waals surface area contributed by atoms with Crippen LogP contribution in [-0.4, -0.2) is 26.2 Å². The minimum absolute atomic E-state index is 0.0781. The molecule has 0 aliphatic heterocycles. The third-order valence-electron chi connectivity index (χ3n) is 7.44. The van der Waals surface area contributed by atoms with Gasteiger partial charge in [0.1, 0.15) is 23.2 Å². The molecule has 40 heavy (non-hydrogen) atoms. The van der Waals surface area contributed by atoms with Gasteiger partial charge in [-0.05, 0) is 36.4 Å². The predicted octanol–water partition coefficient (Wildman–Crippen LogP) is 3.75. The van der Waals surface area contributed by atoms with Crippen molar-refractivity contribution in [3.63, 3.8) is 0 Å². The lowest BCUT2D eigenvalue weighted by molar-refractivity contribution is 0.0964. The largest absolute Gasteiger partial charge is 0.494 e. The van der Waals surface area contributed by atoms with Crippen molar-refractivity contribution in [1.29, 1.82) is 0 Å². The van der Waals surface area contributed by atoms with Crippen LogP contribution in [0.3, 0.4) is 0 Å². The standard InChI is InChI=1S/C33H29N2O4P/c1-34-31(37)29(32(38)35(2)33(34)39)28(30(36)24-15-7-3-8-16-24)23-40(25-17-9-4-10-18-25,26-19-11-5-12-20-26)27-21-13-6-14-22-27/h3-22,28H,23H2,1-2H3/p+1. The average molecular weight is 550 g/mol. The van der Waals surface area contributed by atoms with E-state index in [0.717, 1.165) is 25.0 Å². The fourth-order valence-electron chi connectivity index (χ4n) is 5.36. The van der Waals surface area contributed by atoms with E-state index in [1.54, 1.807) is 24.3 Å². The Kier molecular flexibility index (Phi) is 7.63. The Labute approximate surface area is 233 Å². The van der Waals surface area contributed by atoms with Gasteiger partial charge in [0.2, 0.25) is 5.88 Å². The Bertz CT molecular complexity index is 1650. The molecule has 200 valence electrons. The number of nitrogens with zero attached hydrogens (tertiary/aromatic N) is 2. The van der Waals surface area contributed by atoms with Gasteiger partial charge in [-0.1, -0.05) is 84.9 Å². The lowest BCUT2D eigenvalue weighted by atomic mass is 9.93. The maximum Gasteiger partial charge on any atom is 0.333 e. The van der Waals surface area contributed by atoms with Gasteiger partial charge in [0.25, 0.3) is 5.56 Å². The highest BCUT2D eigenvalue weighted by molar-refractivity contribution is 7.95. The molecule has 7 heteroatoms. The van der Waals surface area contributed by atoms with E-state index in [9.17, 15) is 19.5 Å². The van der Waals surface area contributed by atoms with Gasteiger partial charge in [0.05, 0.1) is 17.6 Å². The van der Waals surface area contributed by atoms with Crippen LogP contribution in [0.25, 0.3) is 0 Å². The lowest BCUT2D eigenvalue weighted by Crippen LogP contribution is -2.42. The highest BCUT2D eigenvalue weighted by Crippen LogP contribution is 2.58. The zero-order valence-electron chi connectivity index (χ0n) is 22.3. The molecule has 1 unspecified atom stereocenters. The highest BCUT2D eigenvalue weighted by atomic mass is 31.2. The van der Waals surface area contributed by atoms with E-state index in [4.69, 9.17) is 0 Å². The highest BCUT2D eigenvalue weighted by Gasteiger charge is 2.50. The molecule has 1 aromatic heterocycles. The number of carbonyl (C=O) groups is 1. The molecule has 5 aromatic rings. The van der Waals surface area contributed by atoms with Crippen molar-refractivity contribution in [3.05, 3.63) is 153 Å². The molecule has 0 saturated carbocycles. The van der Waals surface area contributed by atoms with Crippen molar-refractivity contribution < 1.29 is 9.90 Å². The second kappa shape index (κ2) is 11.3. The number of aromatic nitrogens is 2. The summed E-state index contributed by atoms with van der Waals surface area (Å²) in [5.74, 6) is -1.82. The summed E-state index contributed by atoms with van der Waals surface area (Å²) in [6, 6.07) is 38.9. The monoisotopic (exact) mass is 549 g/mol. The Balaban J connectivity index is 1.87. The van der Waals surface area contributed by atoms with Crippen LogP contribution < -0.4 is 27.2 Å². The predicted molar refractivity (Wildman–Crippen MR) is 162 cm³/mol. The molecule has 1 heterocycles. The van der Waals surface area contributed by atoms with E-state index >= 15 is 0 Å². The van der Waals surface area contributed by atoms with Gasteiger partial charge in [0, 0.05) is 19.7 Å². The van der Waals surface area contributed by atoms with E-state index in [1.807, 2.05) is 60.7 Å². The molecule has 0 radical (unpaired) electrons. The van der Waals surface area contributed by atoms with Crippen molar-refractivity contribution in [2.24, 2.45) is 14.1 Å². The maximum absolute atomic E-state index is 14.4. The summed E-state index contributed by atoms with van der Waals surface area (Å²) in [4.78, 5) is 40.7. The first-order valence-electron chi connectivity index (χ1n) is 13.0. The Morgan fingerprint density at radius 1 is 0.675 bits per heavy atom. The van der Waals surface area contributed by atoms with Crippen LogP contribution in [0.5, 0.6) is 5.88 Å². The van der Waals surface area contributed by atoms with Crippen molar-refractivity contribution >= 4 is 29.0 Å². The number of Topliss-reactive ketones (excluding diaryl/α,β-unsaturated/α-hetero) is 1. The van der Waals surface area contributed by atoms with Crippen molar-refractivity contribution in [2.45, 2.75) is 5.92 Å². The fraction of sp³-hybridized carbons (Fsp3) is 0.121. The van der Waals surface area contributed by atoms with Gasteiger partial charge in [-0.15, -0.1) is 0 Å². The number of hydrogen-bond acceptors (Lipinski definition) is 4. The molecule has 5 rings (SSSR count). The zero-order chi connectivity index (χ0) is 28.3. The van der Waals surface area contributed by atoms with Crippen molar-refractivity contribution in [3.8, 4) is 5.88 Å². The summed E-state index contributed by atoms with van der Waals surface area (Å²) in [5, 5.41) is 14.4. The molecule has 0 amide bonds. The molecule has 0 bridgehead atoms. The number of carbonyl (C=O) groups excluding carboxylic acids is 1. The van der Waals surface area contributed by atoms with Gasteiger partial charge >= 0.3 is 5.69 Å². The Morgan fingerprint density at radius 3 is 1.50 bits per heavy atom. The summed E-state index contributed by atoms with van der Waals surface area (Å²) < 4.78 is 1.98. The number of hydrogen-bond donors (Lipinski definition) is 1. The molecule has 0 fully saturated rings. The molecule has 1 atom stereocenters. The minimum Gasteiger partial charge on any atom is -0.494 e. The first-order chi connectivity index (χ1) is 19.4. The molecule has 0 spiro atoms. The van der Waals surface area contributed by atoms with Crippen molar-refractivity contribution in [1.82, 2.24) is 9.13 Å². The first kappa shape index (κ1) is 27.0. The lowest BCUT2D eigenvalue weighted by Gasteiger charge is -2.31. The Hall–Kier alpha value is -4.54. The third kappa shape index (κ3) is 4.72. The normalized spacial score (nSPS) is 12.2. The number of ketones is 1. The van der Waals surface area contributed by atoms with Crippen LogP contribution in [0.1, 0.15) is 21.8 Å². The second-order valence-electron chi connectivity index (χ2n) is 9.72. The Morgan fingerprint density at radius 2 is 1.07 bits per heavy atom. The maximum atomic E-state index is 14.4. The smallest absolute Gasteiger partial charge is 0.333 e.